The summed E-state index contributed by atoms with van der Waals surface area (Å²) >= 11 is 0. The zero-order valence-corrected chi connectivity index (χ0v) is 11.2. The lowest BCUT2D eigenvalue weighted by Crippen LogP contribution is -2.18. The van der Waals surface area contributed by atoms with Crippen molar-refractivity contribution in [1.29, 1.82) is 0 Å². The molecule has 0 aliphatic rings. The second-order valence-corrected chi connectivity index (χ2v) is 4.06. The molecule has 0 fully saturated rings. The van der Waals surface area contributed by atoms with Crippen LogP contribution < -0.4 is 15.2 Å². The molecule has 0 spiro atoms. The van der Waals surface area contributed by atoms with Crippen molar-refractivity contribution in [2.24, 2.45) is 5.73 Å². The predicted octanol–water partition coefficient (Wildman–Crippen LogP) is 2.50. The maximum Gasteiger partial charge on any atom is 0.411 e. The monoisotopic (exact) mass is 293 g/mol. The summed E-state index contributed by atoms with van der Waals surface area (Å²) in [6, 6.07) is 5.30. The molecule has 0 saturated heterocycles. The van der Waals surface area contributed by atoms with Gasteiger partial charge >= 0.3 is 6.18 Å². The summed E-state index contributed by atoms with van der Waals surface area (Å²) in [5, 5.41) is 0. The number of ether oxygens (including phenoxy) is 3. The average Bonchev–Trinajstić information content (AvgIpc) is 2.41. The van der Waals surface area contributed by atoms with Gasteiger partial charge in [-0.2, -0.15) is 13.2 Å². The maximum absolute atomic E-state index is 11.8. The van der Waals surface area contributed by atoms with Crippen LogP contribution in [-0.4, -0.2) is 33.1 Å². The first kappa shape index (κ1) is 16.6. The molecule has 0 atom stereocenters. The Kier molecular flexibility index (Phi) is 6.60. The van der Waals surface area contributed by atoms with E-state index in [0.29, 0.717) is 24.5 Å². The van der Waals surface area contributed by atoms with Gasteiger partial charge in [0.25, 0.3) is 0 Å². The number of benzene rings is 1. The van der Waals surface area contributed by atoms with Gasteiger partial charge in [0, 0.05) is 13.0 Å². The predicted molar refractivity (Wildman–Crippen MR) is 67.9 cm³/mol. The Hall–Kier alpha value is -1.47. The van der Waals surface area contributed by atoms with Gasteiger partial charge in [0.15, 0.2) is 11.5 Å². The standard InChI is InChI=1S/C13H18F3NO3/c1-18-11-4-3-10(8-17)7-12(11)20-6-2-5-19-9-13(14,15)16/h3-4,7H,2,5-6,8-9,17H2,1H3. The van der Waals surface area contributed by atoms with Gasteiger partial charge in [-0.1, -0.05) is 6.07 Å². The highest BCUT2D eigenvalue weighted by atomic mass is 19.4. The van der Waals surface area contributed by atoms with Gasteiger partial charge in [-0.05, 0) is 17.7 Å². The van der Waals surface area contributed by atoms with Crippen LogP contribution in [0.3, 0.4) is 0 Å². The molecule has 0 radical (unpaired) electrons. The zero-order chi connectivity index (χ0) is 15.0. The van der Waals surface area contributed by atoms with Crippen molar-refractivity contribution in [3.63, 3.8) is 0 Å². The van der Waals surface area contributed by atoms with Crippen molar-refractivity contribution in [2.75, 3.05) is 26.9 Å². The molecule has 7 heteroatoms. The Balaban J connectivity index is 2.34. The summed E-state index contributed by atoms with van der Waals surface area (Å²) < 4.78 is 50.5. The topological polar surface area (TPSA) is 53.7 Å². The SMILES string of the molecule is COc1ccc(CN)cc1OCCCOCC(F)(F)F. The van der Waals surface area contributed by atoms with Crippen LogP contribution in [0.5, 0.6) is 11.5 Å². The van der Waals surface area contributed by atoms with Gasteiger partial charge in [-0.15, -0.1) is 0 Å². The molecule has 0 heterocycles. The lowest BCUT2D eigenvalue weighted by atomic mass is 10.2. The first-order valence-electron chi connectivity index (χ1n) is 6.10. The van der Waals surface area contributed by atoms with Crippen LogP contribution >= 0.6 is 0 Å². The van der Waals surface area contributed by atoms with Crippen molar-refractivity contribution in [2.45, 2.75) is 19.1 Å². The Morgan fingerprint density at radius 2 is 1.90 bits per heavy atom. The fourth-order valence-electron chi connectivity index (χ4n) is 1.49. The Bertz CT molecular complexity index is 410. The van der Waals surface area contributed by atoms with E-state index in [-0.39, 0.29) is 13.2 Å². The van der Waals surface area contributed by atoms with E-state index in [2.05, 4.69) is 4.74 Å². The van der Waals surface area contributed by atoms with E-state index in [1.54, 1.807) is 12.1 Å². The minimum atomic E-state index is -4.29. The molecule has 0 bridgehead atoms. The summed E-state index contributed by atoms with van der Waals surface area (Å²) in [6.45, 7) is -0.644. The molecular formula is C13H18F3NO3. The number of hydrogen-bond acceptors (Lipinski definition) is 4. The van der Waals surface area contributed by atoms with E-state index in [1.165, 1.54) is 7.11 Å². The molecule has 2 N–H and O–H groups in total. The molecule has 114 valence electrons. The first-order chi connectivity index (χ1) is 9.46. The van der Waals surface area contributed by atoms with Crippen LogP contribution in [0.2, 0.25) is 0 Å². The number of alkyl halides is 3. The average molecular weight is 293 g/mol. The molecule has 0 aromatic heterocycles. The normalized spacial score (nSPS) is 11.4. The number of nitrogens with two attached hydrogens (primary N) is 1. The Labute approximate surface area is 115 Å². The van der Waals surface area contributed by atoms with Gasteiger partial charge < -0.3 is 19.9 Å². The molecular weight excluding hydrogens is 275 g/mol. The van der Waals surface area contributed by atoms with Crippen molar-refractivity contribution in [3.05, 3.63) is 23.8 Å². The number of methoxy groups -OCH3 is 1. The summed E-state index contributed by atoms with van der Waals surface area (Å²) in [6.07, 6.45) is -3.94. The van der Waals surface area contributed by atoms with Crippen LogP contribution in [0.1, 0.15) is 12.0 Å². The minimum absolute atomic E-state index is 0.0155. The minimum Gasteiger partial charge on any atom is -0.493 e. The largest absolute Gasteiger partial charge is 0.493 e. The van der Waals surface area contributed by atoms with E-state index >= 15 is 0 Å². The molecule has 1 aromatic rings. The van der Waals surface area contributed by atoms with Crippen molar-refractivity contribution in [1.82, 2.24) is 0 Å². The number of halogens is 3. The highest BCUT2D eigenvalue weighted by Gasteiger charge is 2.27. The van der Waals surface area contributed by atoms with Gasteiger partial charge in [-0.3, -0.25) is 0 Å². The second kappa shape index (κ2) is 7.96. The molecule has 20 heavy (non-hydrogen) atoms. The van der Waals surface area contributed by atoms with Gasteiger partial charge in [0.05, 0.1) is 20.3 Å². The molecule has 0 unspecified atom stereocenters. The highest BCUT2D eigenvalue weighted by Crippen LogP contribution is 2.28. The number of rotatable bonds is 8. The van der Waals surface area contributed by atoms with E-state index in [9.17, 15) is 13.2 Å². The fraction of sp³-hybridized carbons (Fsp3) is 0.538. The van der Waals surface area contributed by atoms with E-state index in [4.69, 9.17) is 15.2 Å². The first-order valence-corrected chi connectivity index (χ1v) is 6.10. The van der Waals surface area contributed by atoms with Crippen LogP contribution in [0.4, 0.5) is 13.2 Å². The number of hydrogen-bond donors (Lipinski definition) is 1. The van der Waals surface area contributed by atoms with E-state index in [0.717, 1.165) is 5.56 Å². The van der Waals surface area contributed by atoms with Gasteiger partial charge in [-0.25, -0.2) is 0 Å². The Morgan fingerprint density at radius 1 is 1.15 bits per heavy atom. The van der Waals surface area contributed by atoms with E-state index in [1.807, 2.05) is 6.07 Å². The third-order valence-electron chi connectivity index (χ3n) is 2.42. The summed E-state index contributed by atoms with van der Waals surface area (Å²) in [7, 11) is 1.51. The summed E-state index contributed by atoms with van der Waals surface area (Å²) in [4.78, 5) is 0. The third-order valence-corrected chi connectivity index (χ3v) is 2.42. The summed E-state index contributed by atoms with van der Waals surface area (Å²) in [5.41, 5.74) is 6.41. The lowest BCUT2D eigenvalue weighted by molar-refractivity contribution is -0.174. The lowest BCUT2D eigenvalue weighted by Gasteiger charge is -2.12. The maximum atomic E-state index is 11.8. The molecule has 4 nitrogen and oxygen atoms in total. The highest BCUT2D eigenvalue weighted by molar-refractivity contribution is 5.42. The van der Waals surface area contributed by atoms with Gasteiger partial charge in [0.2, 0.25) is 0 Å². The molecule has 1 aromatic carbocycles. The molecule has 0 aliphatic heterocycles. The smallest absolute Gasteiger partial charge is 0.411 e. The molecule has 0 aliphatic carbocycles. The molecule has 0 saturated carbocycles. The van der Waals surface area contributed by atoms with Crippen LogP contribution in [0.15, 0.2) is 18.2 Å². The van der Waals surface area contributed by atoms with Crippen molar-refractivity contribution in [3.8, 4) is 11.5 Å². The van der Waals surface area contributed by atoms with Gasteiger partial charge in [0.1, 0.15) is 6.61 Å². The van der Waals surface area contributed by atoms with Crippen LogP contribution in [0.25, 0.3) is 0 Å². The van der Waals surface area contributed by atoms with E-state index < -0.39 is 12.8 Å². The van der Waals surface area contributed by atoms with Crippen LogP contribution in [-0.2, 0) is 11.3 Å². The Morgan fingerprint density at radius 3 is 2.50 bits per heavy atom. The zero-order valence-electron chi connectivity index (χ0n) is 11.2. The second-order valence-electron chi connectivity index (χ2n) is 4.06. The fourth-order valence-corrected chi connectivity index (χ4v) is 1.49. The molecule has 1 rings (SSSR count). The van der Waals surface area contributed by atoms with Crippen molar-refractivity contribution >= 4 is 0 Å². The third kappa shape index (κ3) is 6.12. The van der Waals surface area contributed by atoms with Crippen molar-refractivity contribution < 1.29 is 27.4 Å². The molecule has 0 amide bonds. The quantitative estimate of drug-likeness (QED) is 0.748. The summed E-state index contributed by atoms with van der Waals surface area (Å²) in [5.74, 6) is 1.07. The van der Waals surface area contributed by atoms with Crippen LogP contribution in [0, 0.1) is 0 Å².